The molecular formula is C21H29N5O. The Hall–Kier alpha value is -2.60. The van der Waals surface area contributed by atoms with Crippen molar-refractivity contribution < 1.29 is 4.74 Å². The number of morpholine rings is 1. The molecule has 1 atom stereocenters. The summed E-state index contributed by atoms with van der Waals surface area (Å²) in [6, 6.07) is 14.5. The van der Waals surface area contributed by atoms with Gasteiger partial charge in [-0.05, 0) is 31.0 Å². The second-order valence-corrected chi connectivity index (χ2v) is 6.69. The predicted octanol–water partition coefficient (Wildman–Crippen LogP) is 2.56. The summed E-state index contributed by atoms with van der Waals surface area (Å²) in [6.45, 7) is 8.87. The third-order valence-corrected chi connectivity index (χ3v) is 4.44. The molecule has 6 nitrogen and oxygen atoms in total. The molecule has 0 spiro atoms. The summed E-state index contributed by atoms with van der Waals surface area (Å²) < 4.78 is 5.59. The molecule has 0 saturated carbocycles. The number of aromatic nitrogens is 1. The van der Waals surface area contributed by atoms with Crippen molar-refractivity contribution in [2.45, 2.75) is 33.0 Å². The van der Waals surface area contributed by atoms with E-state index in [0.717, 1.165) is 50.1 Å². The topological polar surface area (TPSA) is 61.8 Å². The smallest absolute Gasteiger partial charge is 0.191 e. The molecule has 2 heterocycles. The standard InChI is InChI=1S/C21H29N5O/c1-3-22-21(24-13-18-7-5-4-6-8-18)25-15-19-9-10-20(23-14-19)26-11-12-27-17(2)16-26/h4-10,14,17H,3,11-13,15-16H2,1-2H3,(H2,22,24,25). The Morgan fingerprint density at radius 1 is 1.19 bits per heavy atom. The fourth-order valence-electron chi connectivity index (χ4n) is 3.02. The van der Waals surface area contributed by atoms with Crippen LogP contribution in [-0.2, 0) is 17.8 Å². The lowest BCUT2D eigenvalue weighted by molar-refractivity contribution is 0.0529. The van der Waals surface area contributed by atoms with Gasteiger partial charge < -0.3 is 20.3 Å². The van der Waals surface area contributed by atoms with Crippen LogP contribution in [0.3, 0.4) is 0 Å². The highest BCUT2D eigenvalue weighted by molar-refractivity contribution is 5.79. The number of aliphatic imine (C=N–C) groups is 1. The van der Waals surface area contributed by atoms with Crippen LogP contribution in [0, 0.1) is 0 Å². The van der Waals surface area contributed by atoms with Gasteiger partial charge >= 0.3 is 0 Å². The van der Waals surface area contributed by atoms with Crippen LogP contribution < -0.4 is 15.5 Å². The summed E-state index contributed by atoms with van der Waals surface area (Å²) in [7, 11) is 0. The second kappa shape index (κ2) is 9.92. The van der Waals surface area contributed by atoms with E-state index in [0.29, 0.717) is 6.54 Å². The van der Waals surface area contributed by atoms with E-state index in [1.807, 2.05) is 24.4 Å². The molecule has 1 unspecified atom stereocenters. The first kappa shape index (κ1) is 19.2. The Morgan fingerprint density at radius 2 is 2.04 bits per heavy atom. The molecule has 0 amide bonds. The van der Waals surface area contributed by atoms with E-state index < -0.39 is 0 Å². The lowest BCUT2D eigenvalue weighted by atomic mass is 10.2. The first-order valence-corrected chi connectivity index (χ1v) is 9.62. The minimum atomic E-state index is 0.253. The number of nitrogens with one attached hydrogen (secondary N) is 2. The van der Waals surface area contributed by atoms with E-state index in [1.165, 1.54) is 5.56 Å². The average Bonchev–Trinajstić information content (AvgIpc) is 2.71. The molecule has 144 valence electrons. The van der Waals surface area contributed by atoms with Gasteiger partial charge in [0, 0.05) is 32.4 Å². The Kier molecular flexibility index (Phi) is 7.04. The van der Waals surface area contributed by atoms with Gasteiger partial charge in [-0.25, -0.2) is 9.98 Å². The highest BCUT2D eigenvalue weighted by atomic mass is 16.5. The van der Waals surface area contributed by atoms with Gasteiger partial charge in [-0.1, -0.05) is 36.4 Å². The van der Waals surface area contributed by atoms with Crippen LogP contribution in [0.2, 0.25) is 0 Å². The summed E-state index contributed by atoms with van der Waals surface area (Å²) in [5.74, 6) is 1.82. The largest absolute Gasteiger partial charge is 0.375 e. The summed E-state index contributed by atoms with van der Waals surface area (Å²) >= 11 is 0. The predicted molar refractivity (Wildman–Crippen MR) is 110 cm³/mol. The number of anilines is 1. The highest BCUT2D eigenvalue weighted by Gasteiger charge is 2.17. The van der Waals surface area contributed by atoms with Crippen LogP contribution in [0.1, 0.15) is 25.0 Å². The highest BCUT2D eigenvalue weighted by Crippen LogP contribution is 2.15. The maximum atomic E-state index is 5.59. The molecular weight excluding hydrogens is 338 g/mol. The first-order chi connectivity index (χ1) is 13.2. The lowest BCUT2D eigenvalue weighted by Gasteiger charge is -2.32. The van der Waals surface area contributed by atoms with Gasteiger partial charge in [0.05, 0.1) is 19.3 Å². The van der Waals surface area contributed by atoms with E-state index in [9.17, 15) is 0 Å². The van der Waals surface area contributed by atoms with Gasteiger partial charge in [0.1, 0.15) is 5.82 Å². The van der Waals surface area contributed by atoms with Crippen molar-refractivity contribution in [1.82, 2.24) is 15.6 Å². The van der Waals surface area contributed by atoms with Crippen molar-refractivity contribution >= 4 is 11.8 Å². The summed E-state index contributed by atoms with van der Waals surface area (Å²) in [5, 5.41) is 6.66. The zero-order chi connectivity index (χ0) is 18.9. The molecule has 6 heteroatoms. The summed E-state index contributed by atoms with van der Waals surface area (Å²) in [4.78, 5) is 11.6. The molecule has 1 saturated heterocycles. The molecule has 1 aliphatic rings. The maximum Gasteiger partial charge on any atom is 0.191 e. The quantitative estimate of drug-likeness (QED) is 0.607. The minimum absolute atomic E-state index is 0.253. The molecule has 2 aromatic rings. The SMILES string of the molecule is CCNC(=NCc1ccc(N2CCOC(C)C2)nc1)NCc1ccccc1. The Bertz CT molecular complexity index is 717. The van der Waals surface area contributed by atoms with Crippen molar-refractivity contribution in [1.29, 1.82) is 0 Å². The van der Waals surface area contributed by atoms with Gasteiger partial charge in [0.15, 0.2) is 5.96 Å². The van der Waals surface area contributed by atoms with Crippen LogP contribution >= 0.6 is 0 Å². The third kappa shape index (κ3) is 5.96. The Morgan fingerprint density at radius 3 is 2.74 bits per heavy atom. The number of hydrogen-bond acceptors (Lipinski definition) is 4. The number of pyridine rings is 1. The second-order valence-electron chi connectivity index (χ2n) is 6.69. The van der Waals surface area contributed by atoms with Crippen LogP contribution in [-0.4, -0.2) is 43.3 Å². The fraction of sp³-hybridized carbons (Fsp3) is 0.429. The van der Waals surface area contributed by atoms with E-state index in [2.05, 4.69) is 63.6 Å². The number of nitrogens with zero attached hydrogens (tertiary/aromatic N) is 3. The van der Waals surface area contributed by atoms with Crippen LogP contribution in [0.4, 0.5) is 5.82 Å². The Labute approximate surface area is 161 Å². The molecule has 0 radical (unpaired) electrons. The number of guanidine groups is 1. The van der Waals surface area contributed by atoms with Crippen LogP contribution in [0.15, 0.2) is 53.7 Å². The zero-order valence-corrected chi connectivity index (χ0v) is 16.2. The lowest BCUT2D eigenvalue weighted by Crippen LogP contribution is -2.41. The molecule has 1 fully saturated rings. The number of hydrogen-bond donors (Lipinski definition) is 2. The van der Waals surface area contributed by atoms with Gasteiger partial charge in [-0.2, -0.15) is 0 Å². The van der Waals surface area contributed by atoms with Crippen molar-refractivity contribution in [3.05, 3.63) is 59.8 Å². The van der Waals surface area contributed by atoms with E-state index in [4.69, 9.17) is 4.74 Å². The molecule has 2 N–H and O–H groups in total. The normalized spacial score (nSPS) is 17.6. The molecule has 0 aliphatic carbocycles. The molecule has 0 bridgehead atoms. The van der Waals surface area contributed by atoms with Gasteiger partial charge in [0.2, 0.25) is 0 Å². The zero-order valence-electron chi connectivity index (χ0n) is 16.2. The van der Waals surface area contributed by atoms with E-state index in [-0.39, 0.29) is 6.10 Å². The number of rotatable bonds is 6. The molecule has 1 aliphatic heterocycles. The summed E-state index contributed by atoms with van der Waals surface area (Å²) in [5.41, 5.74) is 2.32. The molecule has 27 heavy (non-hydrogen) atoms. The van der Waals surface area contributed by atoms with Crippen molar-refractivity contribution in [2.24, 2.45) is 4.99 Å². The molecule has 1 aromatic carbocycles. The number of ether oxygens (including phenoxy) is 1. The monoisotopic (exact) mass is 367 g/mol. The van der Waals surface area contributed by atoms with Crippen LogP contribution in [0.5, 0.6) is 0 Å². The molecule has 3 rings (SSSR count). The fourth-order valence-corrected chi connectivity index (χ4v) is 3.02. The third-order valence-electron chi connectivity index (χ3n) is 4.44. The van der Waals surface area contributed by atoms with Gasteiger partial charge in [0.25, 0.3) is 0 Å². The van der Waals surface area contributed by atoms with Gasteiger partial charge in [-0.15, -0.1) is 0 Å². The van der Waals surface area contributed by atoms with Crippen LogP contribution in [0.25, 0.3) is 0 Å². The van der Waals surface area contributed by atoms with E-state index >= 15 is 0 Å². The summed E-state index contributed by atoms with van der Waals surface area (Å²) in [6.07, 6.45) is 2.17. The van der Waals surface area contributed by atoms with E-state index in [1.54, 1.807) is 0 Å². The van der Waals surface area contributed by atoms with Crippen molar-refractivity contribution in [3.63, 3.8) is 0 Å². The van der Waals surface area contributed by atoms with Gasteiger partial charge in [-0.3, -0.25) is 0 Å². The molecule has 1 aromatic heterocycles. The van der Waals surface area contributed by atoms with Crippen molar-refractivity contribution in [2.75, 3.05) is 31.1 Å². The average molecular weight is 367 g/mol. The maximum absolute atomic E-state index is 5.59. The van der Waals surface area contributed by atoms with Crippen molar-refractivity contribution in [3.8, 4) is 0 Å². The number of benzene rings is 1. The first-order valence-electron chi connectivity index (χ1n) is 9.62. The minimum Gasteiger partial charge on any atom is -0.375 e. The Balaban J connectivity index is 1.56.